The van der Waals surface area contributed by atoms with E-state index in [1.165, 1.54) is 4.90 Å². The highest BCUT2D eigenvalue weighted by Gasteiger charge is 2.52. The zero-order chi connectivity index (χ0) is 19.4. The van der Waals surface area contributed by atoms with Gasteiger partial charge >= 0.3 is 12.1 Å². The molecule has 1 fully saturated rings. The van der Waals surface area contributed by atoms with E-state index >= 15 is 0 Å². The van der Waals surface area contributed by atoms with Gasteiger partial charge < -0.3 is 20.1 Å². The molecule has 1 saturated heterocycles. The van der Waals surface area contributed by atoms with Gasteiger partial charge in [-0.3, -0.25) is 0 Å². The number of carbonyl (C=O) groups is 2. The average Bonchev–Trinajstić information content (AvgIpc) is 2.91. The van der Waals surface area contributed by atoms with Crippen LogP contribution in [0.25, 0.3) is 0 Å². The Labute approximate surface area is 154 Å². The fourth-order valence-electron chi connectivity index (χ4n) is 2.98. The summed E-state index contributed by atoms with van der Waals surface area (Å²) in [5, 5.41) is 0. The molecule has 0 saturated carbocycles. The first-order valence-corrected chi connectivity index (χ1v) is 8.74. The van der Waals surface area contributed by atoms with Crippen LogP contribution in [0.3, 0.4) is 0 Å². The van der Waals surface area contributed by atoms with Crippen LogP contribution in [-0.4, -0.2) is 41.2 Å². The van der Waals surface area contributed by atoms with Crippen LogP contribution in [-0.2, 0) is 20.9 Å². The van der Waals surface area contributed by atoms with Gasteiger partial charge in [0.15, 0.2) is 0 Å². The predicted octanol–water partition coefficient (Wildman–Crippen LogP) is 2.87. The molecule has 1 aliphatic rings. The molecular formula is C20H28N2O4. The second kappa shape index (κ2) is 7.91. The monoisotopic (exact) mass is 360 g/mol. The van der Waals surface area contributed by atoms with Gasteiger partial charge in [-0.15, -0.1) is 6.58 Å². The highest BCUT2D eigenvalue weighted by atomic mass is 16.6. The van der Waals surface area contributed by atoms with E-state index in [-0.39, 0.29) is 19.1 Å². The van der Waals surface area contributed by atoms with E-state index in [4.69, 9.17) is 15.2 Å². The number of benzene rings is 1. The molecule has 0 unspecified atom stereocenters. The number of esters is 1. The zero-order valence-electron chi connectivity index (χ0n) is 15.7. The van der Waals surface area contributed by atoms with Crippen molar-refractivity contribution in [2.45, 2.75) is 44.9 Å². The molecule has 1 aromatic carbocycles. The number of amides is 1. The summed E-state index contributed by atoms with van der Waals surface area (Å²) in [4.78, 5) is 26.6. The van der Waals surface area contributed by atoms with Crippen molar-refractivity contribution < 1.29 is 19.1 Å². The third kappa shape index (κ3) is 4.85. The molecule has 1 aliphatic heterocycles. The van der Waals surface area contributed by atoms with E-state index in [1.54, 1.807) is 26.8 Å². The van der Waals surface area contributed by atoms with Gasteiger partial charge in [-0.05, 0) is 32.8 Å². The third-order valence-electron chi connectivity index (χ3n) is 4.32. The van der Waals surface area contributed by atoms with Crippen molar-refractivity contribution in [3.8, 4) is 0 Å². The SMILES string of the molecule is C=CC[C@H]1CN(C(=O)OC(C)(C)C)C[C@@]1(N)C(=O)OCc1ccccc1. The quantitative estimate of drug-likeness (QED) is 0.645. The number of allylic oxidation sites excluding steroid dienone is 1. The lowest BCUT2D eigenvalue weighted by Crippen LogP contribution is -2.55. The van der Waals surface area contributed by atoms with Crippen LogP contribution in [0.4, 0.5) is 4.79 Å². The maximum atomic E-state index is 12.7. The van der Waals surface area contributed by atoms with Crippen LogP contribution < -0.4 is 5.73 Å². The number of nitrogens with zero attached hydrogens (tertiary/aromatic N) is 1. The molecule has 0 radical (unpaired) electrons. The lowest BCUT2D eigenvalue weighted by molar-refractivity contribution is -0.152. The molecule has 0 aliphatic carbocycles. The fourth-order valence-corrected chi connectivity index (χ4v) is 2.98. The molecule has 0 aromatic heterocycles. The summed E-state index contributed by atoms with van der Waals surface area (Å²) >= 11 is 0. The first-order valence-electron chi connectivity index (χ1n) is 8.74. The lowest BCUT2D eigenvalue weighted by Gasteiger charge is -2.27. The van der Waals surface area contributed by atoms with Gasteiger partial charge in [0.25, 0.3) is 0 Å². The Morgan fingerprint density at radius 3 is 2.58 bits per heavy atom. The summed E-state index contributed by atoms with van der Waals surface area (Å²) in [5.41, 5.74) is 5.41. The number of likely N-dealkylation sites (tertiary alicyclic amines) is 1. The topological polar surface area (TPSA) is 81.9 Å². The Morgan fingerprint density at radius 1 is 1.35 bits per heavy atom. The van der Waals surface area contributed by atoms with Crippen molar-refractivity contribution in [3.63, 3.8) is 0 Å². The normalized spacial score (nSPS) is 22.8. The van der Waals surface area contributed by atoms with E-state index in [0.29, 0.717) is 13.0 Å². The summed E-state index contributed by atoms with van der Waals surface area (Å²) in [6, 6.07) is 9.40. The standard InChI is InChI=1S/C20H28N2O4/c1-5-9-16-12-22(18(24)26-19(2,3)4)14-20(16,21)17(23)25-13-15-10-7-6-8-11-15/h5-8,10-11,16H,1,9,12-14,21H2,2-4H3/t16-,20-/m0/s1. The van der Waals surface area contributed by atoms with Crippen LogP contribution in [0.5, 0.6) is 0 Å². The molecule has 0 bridgehead atoms. The number of nitrogens with two attached hydrogens (primary N) is 1. The highest BCUT2D eigenvalue weighted by molar-refractivity contribution is 5.83. The van der Waals surface area contributed by atoms with E-state index in [9.17, 15) is 9.59 Å². The Hall–Kier alpha value is -2.34. The van der Waals surface area contributed by atoms with Crippen LogP contribution >= 0.6 is 0 Å². The summed E-state index contributed by atoms with van der Waals surface area (Å²) in [5.74, 6) is -0.782. The molecular weight excluding hydrogens is 332 g/mol. The number of rotatable bonds is 5. The lowest BCUT2D eigenvalue weighted by atomic mass is 9.86. The molecule has 2 atom stereocenters. The van der Waals surface area contributed by atoms with Gasteiger partial charge in [-0.2, -0.15) is 0 Å². The predicted molar refractivity (Wildman–Crippen MR) is 99.3 cm³/mol. The summed E-state index contributed by atoms with van der Waals surface area (Å²) in [7, 11) is 0. The molecule has 142 valence electrons. The molecule has 1 aromatic rings. The van der Waals surface area contributed by atoms with E-state index in [1.807, 2.05) is 30.3 Å². The summed E-state index contributed by atoms with van der Waals surface area (Å²) in [6.07, 6.45) is 1.74. The van der Waals surface area contributed by atoms with Gasteiger partial charge in [0.2, 0.25) is 0 Å². The van der Waals surface area contributed by atoms with E-state index < -0.39 is 23.2 Å². The summed E-state index contributed by atoms with van der Waals surface area (Å²) < 4.78 is 10.8. The van der Waals surface area contributed by atoms with E-state index in [0.717, 1.165) is 5.56 Å². The first kappa shape index (κ1) is 20.0. The number of ether oxygens (including phenoxy) is 2. The van der Waals surface area contributed by atoms with Crippen molar-refractivity contribution in [1.82, 2.24) is 4.90 Å². The van der Waals surface area contributed by atoms with Crippen molar-refractivity contribution in [2.75, 3.05) is 13.1 Å². The van der Waals surface area contributed by atoms with Crippen LogP contribution in [0.15, 0.2) is 43.0 Å². The minimum atomic E-state index is -1.28. The van der Waals surface area contributed by atoms with Gasteiger partial charge in [-0.25, -0.2) is 9.59 Å². The van der Waals surface area contributed by atoms with Gasteiger partial charge in [0.05, 0.1) is 6.54 Å². The summed E-state index contributed by atoms with van der Waals surface area (Å²) in [6.45, 7) is 9.66. The Balaban J connectivity index is 2.08. The molecule has 26 heavy (non-hydrogen) atoms. The van der Waals surface area contributed by atoms with Crippen LogP contribution in [0.1, 0.15) is 32.8 Å². The first-order chi connectivity index (χ1) is 12.2. The maximum absolute atomic E-state index is 12.7. The molecule has 1 heterocycles. The Bertz CT molecular complexity index is 654. The number of hydrogen-bond donors (Lipinski definition) is 1. The maximum Gasteiger partial charge on any atom is 0.410 e. The van der Waals surface area contributed by atoms with Gasteiger partial charge in [0.1, 0.15) is 17.7 Å². The van der Waals surface area contributed by atoms with Crippen LogP contribution in [0, 0.1) is 5.92 Å². The zero-order valence-corrected chi connectivity index (χ0v) is 15.7. The molecule has 1 amide bonds. The van der Waals surface area contributed by atoms with Crippen molar-refractivity contribution in [3.05, 3.63) is 48.6 Å². The van der Waals surface area contributed by atoms with E-state index in [2.05, 4.69) is 6.58 Å². The van der Waals surface area contributed by atoms with Gasteiger partial charge in [0, 0.05) is 12.5 Å². The largest absolute Gasteiger partial charge is 0.459 e. The minimum absolute atomic E-state index is 0.0635. The van der Waals surface area contributed by atoms with Crippen molar-refractivity contribution in [2.24, 2.45) is 11.7 Å². The second-order valence-corrected chi connectivity index (χ2v) is 7.68. The second-order valence-electron chi connectivity index (χ2n) is 7.68. The van der Waals surface area contributed by atoms with Gasteiger partial charge in [-0.1, -0.05) is 36.4 Å². The van der Waals surface area contributed by atoms with Crippen LogP contribution in [0.2, 0.25) is 0 Å². The number of carbonyl (C=O) groups excluding carboxylic acids is 2. The molecule has 2 N–H and O–H groups in total. The Kier molecular flexibility index (Phi) is 6.08. The average molecular weight is 360 g/mol. The molecule has 0 spiro atoms. The number of hydrogen-bond acceptors (Lipinski definition) is 5. The molecule has 2 rings (SSSR count). The van der Waals surface area contributed by atoms with Crippen molar-refractivity contribution in [1.29, 1.82) is 0 Å². The molecule has 6 heteroatoms. The smallest absolute Gasteiger partial charge is 0.410 e. The highest BCUT2D eigenvalue weighted by Crippen LogP contribution is 2.31. The minimum Gasteiger partial charge on any atom is -0.459 e. The molecule has 6 nitrogen and oxygen atoms in total. The Morgan fingerprint density at radius 2 is 2.00 bits per heavy atom. The van der Waals surface area contributed by atoms with Crippen molar-refractivity contribution >= 4 is 12.1 Å². The fraction of sp³-hybridized carbons (Fsp3) is 0.500. The third-order valence-corrected chi connectivity index (χ3v) is 4.32.